The standard InChI is InChI=1S/C21H19BrN2O3/c1-14-12-17(19(25)13-27-20-11-7-6-10-18(20)22)15(2)24(14)23-21(26)16-8-4-3-5-9-16/h3-12H,13H2,1-2H3,(H,23,26). The molecule has 0 spiro atoms. The van der Waals surface area contributed by atoms with E-state index >= 15 is 0 Å². The molecule has 1 aromatic heterocycles. The van der Waals surface area contributed by atoms with E-state index in [9.17, 15) is 9.59 Å². The molecule has 27 heavy (non-hydrogen) atoms. The minimum absolute atomic E-state index is 0.0838. The van der Waals surface area contributed by atoms with Crippen LogP contribution < -0.4 is 10.2 Å². The smallest absolute Gasteiger partial charge is 0.270 e. The molecule has 2 aromatic carbocycles. The van der Waals surface area contributed by atoms with Crippen LogP contribution in [-0.4, -0.2) is 23.0 Å². The summed E-state index contributed by atoms with van der Waals surface area (Å²) in [5, 5.41) is 0. The molecule has 1 heterocycles. The quantitative estimate of drug-likeness (QED) is 0.589. The van der Waals surface area contributed by atoms with Gasteiger partial charge in [0.25, 0.3) is 5.91 Å². The molecule has 0 atom stereocenters. The van der Waals surface area contributed by atoms with Crippen molar-refractivity contribution in [2.75, 3.05) is 12.0 Å². The van der Waals surface area contributed by atoms with Gasteiger partial charge in [0, 0.05) is 22.5 Å². The highest BCUT2D eigenvalue weighted by molar-refractivity contribution is 9.10. The lowest BCUT2D eigenvalue weighted by Crippen LogP contribution is -2.25. The summed E-state index contributed by atoms with van der Waals surface area (Å²) in [4.78, 5) is 25.0. The van der Waals surface area contributed by atoms with Gasteiger partial charge in [-0.3, -0.25) is 19.7 Å². The second kappa shape index (κ2) is 8.22. The van der Waals surface area contributed by atoms with E-state index in [1.807, 2.05) is 31.2 Å². The molecule has 0 saturated carbocycles. The Hall–Kier alpha value is -2.86. The Labute approximate surface area is 166 Å². The van der Waals surface area contributed by atoms with Gasteiger partial charge in [-0.05, 0) is 60.1 Å². The first-order valence-electron chi connectivity index (χ1n) is 8.43. The number of ether oxygens (including phenoxy) is 1. The Kier molecular flexibility index (Phi) is 5.76. The van der Waals surface area contributed by atoms with Crippen molar-refractivity contribution in [1.82, 2.24) is 4.68 Å². The molecule has 0 bridgehead atoms. The SMILES string of the molecule is Cc1cc(C(=O)COc2ccccc2Br)c(C)n1NC(=O)c1ccccc1. The van der Waals surface area contributed by atoms with Crippen molar-refractivity contribution < 1.29 is 14.3 Å². The number of halogens is 1. The van der Waals surface area contributed by atoms with Gasteiger partial charge in [0.05, 0.1) is 4.47 Å². The molecule has 0 saturated heterocycles. The van der Waals surface area contributed by atoms with Gasteiger partial charge in [-0.25, -0.2) is 0 Å². The lowest BCUT2D eigenvalue weighted by Gasteiger charge is -2.12. The highest BCUT2D eigenvalue weighted by Crippen LogP contribution is 2.24. The average Bonchev–Trinajstić information content (AvgIpc) is 2.96. The van der Waals surface area contributed by atoms with Crippen LogP contribution in [0.3, 0.4) is 0 Å². The molecule has 0 unspecified atom stereocenters. The van der Waals surface area contributed by atoms with Crippen molar-refractivity contribution in [3.63, 3.8) is 0 Å². The summed E-state index contributed by atoms with van der Waals surface area (Å²) in [6, 6.07) is 18.1. The number of para-hydroxylation sites is 1. The number of Topliss-reactive ketones (excluding diaryl/α,β-unsaturated/α-hetero) is 1. The number of aryl methyl sites for hydroxylation is 1. The lowest BCUT2D eigenvalue weighted by atomic mass is 10.1. The van der Waals surface area contributed by atoms with Crippen molar-refractivity contribution in [3.8, 4) is 5.75 Å². The van der Waals surface area contributed by atoms with Crippen LogP contribution in [0.25, 0.3) is 0 Å². The zero-order chi connectivity index (χ0) is 19.4. The topological polar surface area (TPSA) is 60.3 Å². The van der Waals surface area contributed by atoms with E-state index in [0.717, 1.165) is 10.2 Å². The molecule has 5 nitrogen and oxygen atoms in total. The molecular weight excluding hydrogens is 408 g/mol. The third-order valence-electron chi connectivity index (χ3n) is 4.18. The van der Waals surface area contributed by atoms with Crippen molar-refractivity contribution in [2.24, 2.45) is 0 Å². The highest BCUT2D eigenvalue weighted by atomic mass is 79.9. The Balaban J connectivity index is 1.74. The molecule has 1 amide bonds. The fraction of sp³-hybridized carbons (Fsp3) is 0.143. The maximum absolute atomic E-state index is 12.6. The monoisotopic (exact) mass is 426 g/mol. The molecule has 138 valence electrons. The van der Waals surface area contributed by atoms with E-state index in [0.29, 0.717) is 22.6 Å². The summed E-state index contributed by atoms with van der Waals surface area (Å²) in [6.07, 6.45) is 0. The van der Waals surface area contributed by atoms with Crippen LogP contribution in [0.15, 0.2) is 65.1 Å². The molecule has 0 aliphatic heterocycles. The van der Waals surface area contributed by atoms with Gasteiger partial charge < -0.3 is 4.74 Å². The summed E-state index contributed by atoms with van der Waals surface area (Å²) in [7, 11) is 0. The molecule has 3 aromatic rings. The molecule has 0 aliphatic rings. The van der Waals surface area contributed by atoms with E-state index in [4.69, 9.17) is 4.74 Å². The number of hydrogen-bond acceptors (Lipinski definition) is 3. The molecule has 0 radical (unpaired) electrons. The number of nitrogens with zero attached hydrogens (tertiary/aromatic N) is 1. The summed E-state index contributed by atoms with van der Waals surface area (Å²) in [5.74, 6) is 0.219. The third kappa shape index (κ3) is 4.28. The first-order chi connectivity index (χ1) is 13.0. The van der Waals surface area contributed by atoms with E-state index in [2.05, 4.69) is 21.4 Å². The largest absolute Gasteiger partial charge is 0.484 e. The summed E-state index contributed by atoms with van der Waals surface area (Å²) in [5.41, 5.74) is 5.33. The lowest BCUT2D eigenvalue weighted by molar-refractivity contribution is 0.0919. The van der Waals surface area contributed by atoms with Crippen LogP contribution in [-0.2, 0) is 0 Å². The minimum Gasteiger partial charge on any atom is -0.484 e. The zero-order valence-corrected chi connectivity index (χ0v) is 16.6. The number of ketones is 1. The normalized spacial score (nSPS) is 10.5. The summed E-state index contributed by atoms with van der Waals surface area (Å²) >= 11 is 3.39. The Morgan fingerprint density at radius 2 is 1.70 bits per heavy atom. The van der Waals surface area contributed by atoms with Gasteiger partial charge in [0.15, 0.2) is 6.61 Å². The fourth-order valence-electron chi connectivity index (χ4n) is 2.76. The van der Waals surface area contributed by atoms with Gasteiger partial charge >= 0.3 is 0 Å². The molecule has 1 N–H and O–H groups in total. The molecule has 0 fully saturated rings. The van der Waals surface area contributed by atoms with Crippen LogP contribution in [0.5, 0.6) is 5.75 Å². The van der Waals surface area contributed by atoms with Gasteiger partial charge in [0.1, 0.15) is 5.75 Å². The first-order valence-corrected chi connectivity index (χ1v) is 9.22. The maximum atomic E-state index is 12.6. The van der Waals surface area contributed by atoms with E-state index in [-0.39, 0.29) is 18.3 Å². The number of carbonyl (C=O) groups is 2. The van der Waals surface area contributed by atoms with Crippen molar-refractivity contribution in [2.45, 2.75) is 13.8 Å². The number of hydrogen-bond donors (Lipinski definition) is 1. The summed E-state index contributed by atoms with van der Waals surface area (Å²) < 4.78 is 8.03. The van der Waals surface area contributed by atoms with E-state index < -0.39 is 0 Å². The van der Waals surface area contributed by atoms with Crippen LogP contribution in [0.4, 0.5) is 0 Å². The van der Waals surface area contributed by atoms with Crippen LogP contribution in [0, 0.1) is 13.8 Å². The average molecular weight is 427 g/mol. The number of aromatic nitrogens is 1. The van der Waals surface area contributed by atoms with Gasteiger partial charge in [0.2, 0.25) is 5.78 Å². The Morgan fingerprint density at radius 1 is 1.04 bits per heavy atom. The number of amides is 1. The highest BCUT2D eigenvalue weighted by Gasteiger charge is 2.18. The number of nitrogens with one attached hydrogen (secondary N) is 1. The van der Waals surface area contributed by atoms with Crippen LogP contribution in [0.2, 0.25) is 0 Å². The predicted octanol–water partition coefficient (Wildman–Crippen LogP) is 4.51. The number of benzene rings is 2. The zero-order valence-electron chi connectivity index (χ0n) is 15.0. The first kappa shape index (κ1) is 18.9. The van der Waals surface area contributed by atoms with Crippen molar-refractivity contribution in [3.05, 3.63) is 87.7 Å². The predicted molar refractivity (Wildman–Crippen MR) is 108 cm³/mol. The molecular formula is C21H19BrN2O3. The third-order valence-corrected chi connectivity index (χ3v) is 4.83. The second-order valence-corrected chi connectivity index (χ2v) is 6.92. The maximum Gasteiger partial charge on any atom is 0.270 e. The van der Waals surface area contributed by atoms with Gasteiger partial charge in [-0.1, -0.05) is 30.3 Å². The van der Waals surface area contributed by atoms with E-state index in [1.54, 1.807) is 48.0 Å². The number of rotatable bonds is 6. The molecule has 0 aliphatic carbocycles. The van der Waals surface area contributed by atoms with Gasteiger partial charge in [-0.15, -0.1) is 0 Å². The van der Waals surface area contributed by atoms with Crippen LogP contribution in [0.1, 0.15) is 32.1 Å². The van der Waals surface area contributed by atoms with E-state index in [1.165, 1.54) is 0 Å². The number of carbonyl (C=O) groups excluding carboxylic acids is 2. The van der Waals surface area contributed by atoms with Crippen molar-refractivity contribution >= 4 is 27.6 Å². The van der Waals surface area contributed by atoms with Crippen LogP contribution >= 0.6 is 15.9 Å². The Bertz CT molecular complexity index is 980. The second-order valence-electron chi connectivity index (χ2n) is 6.07. The summed E-state index contributed by atoms with van der Waals surface area (Å²) in [6.45, 7) is 3.55. The molecule has 3 rings (SSSR count). The molecule has 6 heteroatoms. The fourth-order valence-corrected chi connectivity index (χ4v) is 3.15. The van der Waals surface area contributed by atoms with Crippen molar-refractivity contribution in [1.29, 1.82) is 0 Å². The Morgan fingerprint density at radius 3 is 2.41 bits per heavy atom. The minimum atomic E-state index is -0.235. The van der Waals surface area contributed by atoms with Gasteiger partial charge in [-0.2, -0.15) is 0 Å².